The summed E-state index contributed by atoms with van der Waals surface area (Å²) in [6, 6.07) is 5.93. The van der Waals surface area contributed by atoms with Gasteiger partial charge < -0.3 is 5.32 Å². The molecule has 0 atom stereocenters. The average molecular weight is 333 g/mol. The van der Waals surface area contributed by atoms with Crippen LogP contribution in [0.15, 0.2) is 34.2 Å². The molecule has 7 heteroatoms. The van der Waals surface area contributed by atoms with E-state index in [9.17, 15) is 14.0 Å². The lowest BCUT2D eigenvalue weighted by atomic mass is 10.2. The lowest BCUT2D eigenvalue weighted by molar-refractivity contribution is -0.117. The Morgan fingerprint density at radius 3 is 2.91 bits per heavy atom. The zero-order valence-electron chi connectivity index (χ0n) is 12.6. The van der Waals surface area contributed by atoms with E-state index >= 15 is 0 Å². The zero-order chi connectivity index (χ0) is 16.4. The van der Waals surface area contributed by atoms with Gasteiger partial charge in [0.15, 0.2) is 5.16 Å². The molecule has 1 aliphatic rings. The summed E-state index contributed by atoms with van der Waals surface area (Å²) in [7, 11) is 0. The normalized spacial score (nSPS) is 13.0. The Hall–Kier alpha value is -2.15. The first-order valence-electron chi connectivity index (χ1n) is 7.31. The highest BCUT2D eigenvalue weighted by molar-refractivity contribution is 7.98. The number of carbonyl (C=O) groups is 1. The topological polar surface area (TPSA) is 64.0 Å². The number of hydrogen-bond donors (Lipinski definition) is 1. The largest absolute Gasteiger partial charge is 0.322 e. The summed E-state index contributed by atoms with van der Waals surface area (Å²) in [6.07, 6.45) is 4.23. The average Bonchev–Trinajstić information content (AvgIpc) is 3.01. The van der Waals surface area contributed by atoms with Gasteiger partial charge in [0.25, 0.3) is 5.56 Å². The first-order valence-corrected chi connectivity index (χ1v) is 8.53. The Morgan fingerprint density at radius 1 is 1.39 bits per heavy atom. The predicted molar refractivity (Wildman–Crippen MR) is 87.3 cm³/mol. The number of anilines is 1. The minimum atomic E-state index is -0.509. The lowest BCUT2D eigenvalue weighted by Gasteiger charge is -2.13. The highest BCUT2D eigenvalue weighted by Crippen LogP contribution is 2.20. The van der Waals surface area contributed by atoms with Crippen LogP contribution in [-0.2, 0) is 24.2 Å². The van der Waals surface area contributed by atoms with E-state index in [1.165, 1.54) is 28.5 Å². The van der Waals surface area contributed by atoms with Crippen molar-refractivity contribution in [2.24, 2.45) is 0 Å². The van der Waals surface area contributed by atoms with Crippen LogP contribution in [0.5, 0.6) is 0 Å². The van der Waals surface area contributed by atoms with Crippen molar-refractivity contribution >= 4 is 23.4 Å². The Morgan fingerprint density at radius 2 is 2.17 bits per heavy atom. The van der Waals surface area contributed by atoms with E-state index in [0.29, 0.717) is 17.1 Å². The Kier molecular flexibility index (Phi) is 4.47. The number of hydrogen-bond acceptors (Lipinski definition) is 4. The maximum Gasteiger partial charge on any atom is 0.258 e. The zero-order valence-corrected chi connectivity index (χ0v) is 13.5. The van der Waals surface area contributed by atoms with Crippen LogP contribution in [0.25, 0.3) is 0 Å². The first kappa shape index (κ1) is 15.7. The van der Waals surface area contributed by atoms with E-state index in [-0.39, 0.29) is 17.8 Å². The Labute approximate surface area is 136 Å². The number of aromatic nitrogens is 2. The number of nitrogens with one attached hydrogen (secondary N) is 1. The molecule has 1 amide bonds. The van der Waals surface area contributed by atoms with Crippen LogP contribution in [-0.4, -0.2) is 21.7 Å². The maximum atomic E-state index is 13.6. The van der Waals surface area contributed by atoms with E-state index in [4.69, 9.17) is 0 Å². The van der Waals surface area contributed by atoms with Gasteiger partial charge in [0.2, 0.25) is 5.91 Å². The number of aryl methyl sites for hydroxylation is 1. The molecular formula is C16H16FN3O2S. The van der Waals surface area contributed by atoms with Crippen LogP contribution in [0.4, 0.5) is 10.1 Å². The van der Waals surface area contributed by atoms with Gasteiger partial charge in [-0.05, 0) is 37.7 Å². The summed E-state index contributed by atoms with van der Waals surface area (Å²) in [4.78, 5) is 29.2. The Bertz CT molecular complexity index is 819. The number of amides is 1. The molecule has 120 valence electrons. The number of para-hydroxylation sites is 1. The molecule has 1 aliphatic carbocycles. The van der Waals surface area contributed by atoms with Crippen LogP contribution < -0.4 is 10.9 Å². The molecule has 0 unspecified atom stereocenters. The van der Waals surface area contributed by atoms with Crippen LogP contribution >= 0.6 is 11.8 Å². The number of halogens is 1. The molecule has 0 fully saturated rings. The van der Waals surface area contributed by atoms with Crippen molar-refractivity contribution < 1.29 is 9.18 Å². The standard InChI is InChI=1S/C16H16FN3O2S/c1-23-16-19-12-8-4-5-10(12)15(22)20(16)9-14(21)18-13-7-3-2-6-11(13)17/h2-3,6-7H,4-5,8-9H2,1H3,(H,18,21). The van der Waals surface area contributed by atoms with Gasteiger partial charge >= 0.3 is 0 Å². The molecule has 23 heavy (non-hydrogen) atoms. The van der Waals surface area contributed by atoms with Gasteiger partial charge in [-0.3, -0.25) is 14.2 Å². The van der Waals surface area contributed by atoms with E-state index in [1.807, 2.05) is 6.26 Å². The summed E-state index contributed by atoms with van der Waals surface area (Å²) in [5.74, 6) is -0.961. The molecule has 1 aromatic heterocycles. The third-order valence-corrected chi connectivity index (χ3v) is 4.46. The van der Waals surface area contributed by atoms with Crippen molar-refractivity contribution in [3.63, 3.8) is 0 Å². The minimum Gasteiger partial charge on any atom is -0.322 e. The summed E-state index contributed by atoms with van der Waals surface area (Å²) < 4.78 is 15.0. The van der Waals surface area contributed by atoms with Gasteiger partial charge in [0.1, 0.15) is 12.4 Å². The van der Waals surface area contributed by atoms with E-state index in [1.54, 1.807) is 12.1 Å². The van der Waals surface area contributed by atoms with E-state index in [2.05, 4.69) is 10.3 Å². The molecule has 1 N–H and O–H groups in total. The molecule has 1 heterocycles. The number of nitrogens with zero attached hydrogens (tertiary/aromatic N) is 2. The van der Waals surface area contributed by atoms with Crippen molar-refractivity contribution in [1.82, 2.24) is 9.55 Å². The van der Waals surface area contributed by atoms with E-state index in [0.717, 1.165) is 18.5 Å². The molecule has 0 saturated carbocycles. The van der Waals surface area contributed by atoms with Crippen molar-refractivity contribution in [3.8, 4) is 0 Å². The maximum absolute atomic E-state index is 13.6. The summed E-state index contributed by atoms with van der Waals surface area (Å²) in [5.41, 5.74) is 1.47. The van der Waals surface area contributed by atoms with Crippen molar-refractivity contribution in [1.29, 1.82) is 0 Å². The van der Waals surface area contributed by atoms with Gasteiger partial charge in [0.05, 0.1) is 11.4 Å². The number of rotatable bonds is 4. The molecule has 0 saturated heterocycles. The first-order chi connectivity index (χ1) is 11.1. The monoisotopic (exact) mass is 333 g/mol. The summed E-state index contributed by atoms with van der Waals surface area (Å²) in [6.45, 7) is -0.177. The third kappa shape index (κ3) is 3.14. The molecule has 0 radical (unpaired) electrons. The highest BCUT2D eigenvalue weighted by atomic mass is 32.2. The lowest BCUT2D eigenvalue weighted by Crippen LogP contribution is -2.32. The second-order valence-corrected chi connectivity index (χ2v) is 6.07. The SMILES string of the molecule is CSc1nc2c(c(=O)n1CC(=O)Nc1ccccc1F)CCC2. The smallest absolute Gasteiger partial charge is 0.258 e. The van der Waals surface area contributed by atoms with Gasteiger partial charge in [0, 0.05) is 5.56 Å². The second kappa shape index (κ2) is 6.54. The Balaban J connectivity index is 1.87. The van der Waals surface area contributed by atoms with Crippen molar-refractivity contribution in [2.75, 3.05) is 11.6 Å². The van der Waals surface area contributed by atoms with Crippen LogP contribution in [0, 0.1) is 5.82 Å². The van der Waals surface area contributed by atoms with Crippen LogP contribution in [0.1, 0.15) is 17.7 Å². The fraction of sp³-hybridized carbons (Fsp3) is 0.312. The number of thioether (sulfide) groups is 1. The van der Waals surface area contributed by atoms with Crippen molar-refractivity contribution in [3.05, 3.63) is 51.7 Å². The molecular weight excluding hydrogens is 317 g/mol. The molecule has 5 nitrogen and oxygen atoms in total. The summed E-state index contributed by atoms with van der Waals surface area (Å²) in [5, 5.41) is 3.01. The molecule has 0 aliphatic heterocycles. The minimum absolute atomic E-state index is 0.102. The van der Waals surface area contributed by atoms with Gasteiger partial charge in [-0.25, -0.2) is 9.37 Å². The van der Waals surface area contributed by atoms with Gasteiger partial charge in [-0.2, -0.15) is 0 Å². The second-order valence-electron chi connectivity index (χ2n) is 5.30. The number of benzene rings is 1. The molecule has 0 spiro atoms. The van der Waals surface area contributed by atoms with E-state index < -0.39 is 11.7 Å². The molecule has 0 bridgehead atoms. The van der Waals surface area contributed by atoms with Crippen molar-refractivity contribution in [2.45, 2.75) is 31.0 Å². The highest BCUT2D eigenvalue weighted by Gasteiger charge is 2.21. The van der Waals surface area contributed by atoms with Crippen LogP contribution in [0.2, 0.25) is 0 Å². The molecule has 1 aromatic carbocycles. The number of fused-ring (bicyclic) bond motifs is 1. The quantitative estimate of drug-likeness (QED) is 0.688. The number of carbonyl (C=O) groups excluding carboxylic acids is 1. The fourth-order valence-electron chi connectivity index (χ4n) is 2.70. The molecule has 2 aromatic rings. The predicted octanol–water partition coefficient (Wildman–Crippen LogP) is 2.23. The van der Waals surface area contributed by atoms with Gasteiger partial charge in [-0.15, -0.1) is 0 Å². The summed E-state index contributed by atoms with van der Waals surface area (Å²) >= 11 is 1.32. The third-order valence-electron chi connectivity index (χ3n) is 3.79. The van der Waals surface area contributed by atoms with Gasteiger partial charge in [-0.1, -0.05) is 23.9 Å². The fourth-order valence-corrected chi connectivity index (χ4v) is 3.27. The molecule has 3 rings (SSSR count). The van der Waals surface area contributed by atoms with Crippen LogP contribution in [0.3, 0.4) is 0 Å².